The van der Waals surface area contributed by atoms with Crippen LogP contribution in [0.2, 0.25) is 0 Å². The SMILES string of the molecule is CCC(C)CC(C)(C(=O)OCCN(C(C)C)C(C)C)C(C)C. The number of hydrogen-bond donors (Lipinski definition) is 0. The summed E-state index contributed by atoms with van der Waals surface area (Å²) in [6.07, 6.45) is 2.00. The maximum absolute atomic E-state index is 12.6. The van der Waals surface area contributed by atoms with Gasteiger partial charge in [-0.3, -0.25) is 9.69 Å². The summed E-state index contributed by atoms with van der Waals surface area (Å²) in [4.78, 5) is 15.0. The highest BCUT2D eigenvalue weighted by atomic mass is 16.5. The molecule has 0 spiro atoms. The quantitative estimate of drug-likeness (QED) is 0.545. The van der Waals surface area contributed by atoms with Crippen molar-refractivity contribution in [3.05, 3.63) is 0 Å². The fourth-order valence-electron chi connectivity index (χ4n) is 2.94. The highest BCUT2D eigenvalue weighted by molar-refractivity contribution is 5.76. The predicted molar refractivity (Wildman–Crippen MR) is 95.0 cm³/mol. The second-order valence-electron chi connectivity index (χ2n) is 7.85. The average molecular weight is 314 g/mol. The molecule has 0 aliphatic rings. The molecule has 0 N–H and O–H groups in total. The van der Waals surface area contributed by atoms with Gasteiger partial charge in [0.2, 0.25) is 0 Å². The Balaban J connectivity index is 4.65. The molecule has 0 radical (unpaired) electrons. The van der Waals surface area contributed by atoms with E-state index in [-0.39, 0.29) is 11.4 Å². The Kier molecular flexibility index (Phi) is 9.30. The van der Waals surface area contributed by atoms with Gasteiger partial charge in [0, 0.05) is 18.6 Å². The summed E-state index contributed by atoms with van der Waals surface area (Å²) >= 11 is 0. The minimum atomic E-state index is -0.379. The van der Waals surface area contributed by atoms with Crippen LogP contribution in [0, 0.1) is 17.3 Å². The van der Waals surface area contributed by atoms with Crippen molar-refractivity contribution >= 4 is 5.97 Å². The Hall–Kier alpha value is -0.570. The first-order valence-corrected chi connectivity index (χ1v) is 8.99. The molecule has 22 heavy (non-hydrogen) atoms. The van der Waals surface area contributed by atoms with E-state index in [1.165, 1.54) is 0 Å². The van der Waals surface area contributed by atoms with E-state index in [4.69, 9.17) is 4.74 Å². The zero-order valence-electron chi connectivity index (χ0n) is 16.4. The third-order valence-corrected chi connectivity index (χ3v) is 5.12. The highest BCUT2D eigenvalue weighted by Gasteiger charge is 2.39. The molecular weight excluding hydrogens is 274 g/mol. The van der Waals surface area contributed by atoms with Crippen LogP contribution >= 0.6 is 0 Å². The lowest BCUT2D eigenvalue weighted by molar-refractivity contribution is -0.159. The summed E-state index contributed by atoms with van der Waals surface area (Å²) < 4.78 is 5.66. The van der Waals surface area contributed by atoms with Gasteiger partial charge in [-0.25, -0.2) is 0 Å². The Morgan fingerprint density at radius 1 is 1.05 bits per heavy atom. The standard InChI is InChI=1S/C19H39NO2/c1-10-17(8)13-19(9,14(2)3)18(21)22-12-11-20(15(4)5)16(6)7/h14-17H,10-13H2,1-9H3. The molecule has 0 aliphatic carbocycles. The molecule has 0 bridgehead atoms. The van der Waals surface area contributed by atoms with Gasteiger partial charge in [0.05, 0.1) is 5.41 Å². The Bertz CT molecular complexity index is 317. The third kappa shape index (κ3) is 6.28. The fourth-order valence-corrected chi connectivity index (χ4v) is 2.94. The van der Waals surface area contributed by atoms with Crippen molar-refractivity contribution in [2.24, 2.45) is 17.3 Å². The fraction of sp³-hybridized carbons (Fsp3) is 0.947. The van der Waals surface area contributed by atoms with E-state index in [2.05, 4.69) is 67.2 Å². The van der Waals surface area contributed by atoms with Crippen LogP contribution in [0.3, 0.4) is 0 Å². The van der Waals surface area contributed by atoms with E-state index in [0.717, 1.165) is 19.4 Å². The average Bonchev–Trinajstić information content (AvgIpc) is 2.41. The van der Waals surface area contributed by atoms with Gasteiger partial charge in [-0.05, 0) is 52.9 Å². The lowest BCUT2D eigenvalue weighted by Crippen LogP contribution is -2.41. The lowest BCUT2D eigenvalue weighted by Gasteiger charge is -2.34. The zero-order valence-corrected chi connectivity index (χ0v) is 16.4. The smallest absolute Gasteiger partial charge is 0.312 e. The van der Waals surface area contributed by atoms with Crippen LogP contribution in [-0.4, -0.2) is 36.1 Å². The molecule has 2 unspecified atom stereocenters. The molecule has 0 fully saturated rings. The second-order valence-corrected chi connectivity index (χ2v) is 7.85. The second kappa shape index (κ2) is 9.54. The number of rotatable bonds is 10. The van der Waals surface area contributed by atoms with Crippen LogP contribution in [0.15, 0.2) is 0 Å². The van der Waals surface area contributed by atoms with Gasteiger partial charge in [0.1, 0.15) is 6.61 Å². The van der Waals surface area contributed by atoms with E-state index in [1.807, 2.05) is 0 Å². The van der Waals surface area contributed by atoms with E-state index in [9.17, 15) is 4.79 Å². The van der Waals surface area contributed by atoms with E-state index < -0.39 is 0 Å². The first-order chi connectivity index (χ1) is 10.1. The zero-order chi connectivity index (χ0) is 17.5. The Morgan fingerprint density at radius 3 is 1.91 bits per heavy atom. The number of carbonyl (C=O) groups is 1. The van der Waals surface area contributed by atoms with E-state index >= 15 is 0 Å². The van der Waals surface area contributed by atoms with Crippen molar-refractivity contribution < 1.29 is 9.53 Å². The summed E-state index contributed by atoms with van der Waals surface area (Å²) in [6, 6.07) is 0.936. The van der Waals surface area contributed by atoms with Crippen LogP contribution in [0.5, 0.6) is 0 Å². The highest BCUT2D eigenvalue weighted by Crippen LogP contribution is 2.36. The molecule has 0 saturated heterocycles. The van der Waals surface area contributed by atoms with Crippen LogP contribution in [0.1, 0.15) is 75.2 Å². The van der Waals surface area contributed by atoms with Crippen LogP contribution in [-0.2, 0) is 9.53 Å². The van der Waals surface area contributed by atoms with Gasteiger partial charge in [-0.15, -0.1) is 0 Å². The normalized spacial score (nSPS) is 16.4. The maximum Gasteiger partial charge on any atom is 0.312 e. The molecule has 3 heteroatoms. The topological polar surface area (TPSA) is 29.5 Å². The van der Waals surface area contributed by atoms with Crippen molar-refractivity contribution in [3.8, 4) is 0 Å². The van der Waals surface area contributed by atoms with Gasteiger partial charge in [0.15, 0.2) is 0 Å². The molecule has 0 aromatic carbocycles. The molecule has 0 aromatic rings. The number of ether oxygens (including phenoxy) is 1. The molecule has 0 amide bonds. The molecule has 0 rings (SSSR count). The largest absolute Gasteiger partial charge is 0.464 e. The number of esters is 1. The molecule has 0 aliphatic heterocycles. The van der Waals surface area contributed by atoms with Gasteiger partial charge in [-0.2, -0.15) is 0 Å². The molecule has 2 atom stereocenters. The van der Waals surface area contributed by atoms with E-state index in [0.29, 0.717) is 30.5 Å². The van der Waals surface area contributed by atoms with Crippen molar-refractivity contribution in [2.45, 2.75) is 87.2 Å². The van der Waals surface area contributed by atoms with Gasteiger partial charge in [-0.1, -0.05) is 34.1 Å². The molecular formula is C19H39NO2. The number of hydrogen-bond acceptors (Lipinski definition) is 3. The molecule has 132 valence electrons. The predicted octanol–water partition coefficient (Wildman–Crippen LogP) is 4.75. The Morgan fingerprint density at radius 2 is 1.55 bits per heavy atom. The minimum absolute atomic E-state index is 0.0322. The number of carbonyl (C=O) groups excluding carboxylic acids is 1. The van der Waals surface area contributed by atoms with Crippen LogP contribution in [0.4, 0.5) is 0 Å². The van der Waals surface area contributed by atoms with Crippen LogP contribution < -0.4 is 0 Å². The first kappa shape index (κ1) is 21.4. The maximum atomic E-state index is 12.6. The van der Waals surface area contributed by atoms with Crippen molar-refractivity contribution in [3.63, 3.8) is 0 Å². The van der Waals surface area contributed by atoms with E-state index in [1.54, 1.807) is 0 Å². The minimum Gasteiger partial charge on any atom is -0.464 e. The monoisotopic (exact) mass is 313 g/mol. The summed E-state index contributed by atoms with van der Waals surface area (Å²) in [5, 5.41) is 0. The molecule has 0 saturated carbocycles. The number of nitrogens with zero attached hydrogens (tertiary/aromatic N) is 1. The first-order valence-electron chi connectivity index (χ1n) is 8.99. The van der Waals surface area contributed by atoms with Crippen molar-refractivity contribution in [2.75, 3.05) is 13.2 Å². The van der Waals surface area contributed by atoms with Gasteiger partial charge >= 0.3 is 5.97 Å². The van der Waals surface area contributed by atoms with Crippen molar-refractivity contribution in [1.82, 2.24) is 4.90 Å². The third-order valence-electron chi connectivity index (χ3n) is 5.12. The van der Waals surface area contributed by atoms with Gasteiger partial charge in [0.25, 0.3) is 0 Å². The Labute approximate surface area is 138 Å². The summed E-state index contributed by atoms with van der Waals surface area (Å²) in [6.45, 7) is 20.7. The van der Waals surface area contributed by atoms with Gasteiger partial charge < -0.3 is 4.74 Å². The molecule has 0 aromatic heterocycles. The summed E-state index contributed by atoms with van der Waals surface area (Å²) in [7, 11) is 0. The summed E-state index contributed by atoms with van der Waals surface area (Å²) in [5.41, 5.74) is -0.379. The lowest BCUT2D eigenvalue weighted by atomic mass is 9.72. The van der Waals surface area contributed by atoms with Crippen LogP contribution in [0.25, 0.3) is 0 Å². The summed E-state index contributed by atoms with van der Waals surface area (Å²) in [5.74, 6) is 0.804. The molecule has 3 nitrogen and oxygen atoms in total. The van der Waals surface area contributed by atoms with Crippen molar-refractivity contribution in [1.29, 1.82) is 0 Å². The molecule has 0 heterocycles.